The van der Waals surface area contributed by atoms with E-state index in [9.17, 15) is 4.79 Å². The molecule has 0 aliphatic rings. The molecule has 3 nitrogen and oxygen atoms in total. The van der Waals surface area contributed by atoms with E-state index in [1.54, 1.807) is 18.2 Å². The van der Waals surface area contributed by atoms with Crippen molar-refractivity contribution in [3.63, 3.8) is 0 Å². The van der Waals surface area contributed by atoms with Gasteiger partial charge in [0.15, 0.2) is 0 Å². The molecule has 2 aromatic rings. The minimum atomic E-state index is -0.546. The van der Waals surface area contributed by atoms with Gasteiger partial charge in [-0.25, -0.2) is 4.79 Å². The highest BCUT2D eigenvalue weighted by atomic mass is 35.5. The van der Waals surface area contributed by atoms with Crippen LogP contribution in [0.5, 0.6) is 5.75 Å². The van der Waals surface area contributed by atoms with Gasteiger partial charge in [-0.3, -0.25) is 0 Å². The van der Waals surface area contributed by atoms with Crippen molar-refractivity contribution in [2.24, 2.45) is 0 Å². The molecule has 0 amide bonds. The lowest BCUT2D eigenvalue weighted by Gasteiger charge is -2.03. The average Bonchev–Trinajstić information content (AvgIpc) is 2.83. The summed E-state index contributed by atoms with van der Waals surface area (Å²) in [6, 6.07) is 8.07. The van der Waals surface area contributed by atoms with E-state index < -0.39 is 5.97 Å². The van der Waals surface area contributed by atoms with Crippen LogP contribution in [0.25, 0.3) is 6.08 Å². The predicted octanol–water partition coefficient (Wildman–Crippen LogP) is 4.21. The molecule has 0 radical (unpaired) electrons. The number of furan rings is 1. The van der Waals surface area contributed by atoms with Crippen molar-refractivity contribution in [3.8, 4) is 5.75 Å². The van der Waals surface area contributed by atoms with Gasteiger partial charge < -0.3 is 9.15 Å². The first-order valence-corrected chi connectivity index (χ1v) is 5.79. The van der Waals surface area contributed by atoms with Gasteiger partial charge in [0.2, 0.25) is 0 Å². The van der Waals surface area contributed by atoms with Crippen LogP contribution in [-0.2, 0) is 4.79 Å². The monoisotopic (exact) mass is 282 g/mol. The molecule has 5 heteroatoms. The Hall–Kier alpha value is -1.71. The Balaban J connectivity index is 2.03. The van der Waals surface area contributed by atoms with Crippen LogP contribution in [0.2, 0.25) is 10.0 Å². The van der Waals surface area contributed by atoms with Crippen LogP contribution < -0.4 is 4.74 Å². The summed E-state index contributed by atoms with van der Waals surface area (Å²) < 4.78 is 10.1. The fourth-order valence-electron chi connectivity index (χ4n) is 1.24. The molecule has 0 bridgehead atoms. The molecule has 18 heavy (non-hydrogen) atoms. The Morgan fingerprint density at radius 3 is 2.78 bits per heavy atom. The van der Waals surface area contributed by atoms with Gasteiger partial charge in [0.25, 0.3) is 0 Å². The molecule has 1 aromatic carbocycles. The zero-order valence-electron chi connectivity index (χ0n) is 9.10. The smallest absolute Gasteiger partial charge is 0.336 e. The van der Waals surface area contributed by atoms with Crippen molar-refractivity contribution in [1.82, 2.24) is 0 Å². The van der Waals surface area contributed by atoms with Gasteiger partial charge in [-0.05, 0) is 36.4 Å². The van der Waals surface area contributed by atoms with E-state index in [1.807, 2.05) is 0 Å². The first-order valence-electron chi connectivity index (χ1n) is 5.03. The summed E-state index contributed by atoms with van der Waals surface area (Å²) in [7, 11) is 0. The van der Waals surface area contributed by atoms with E-state index >= 15 is 0 Å². The lowest BCUT2D eigenvalue weighted by atomic mass is 10.3. The second-order valence-electron chi connectivity index (χ2n) is 3.34. The largest absolute Gasteiger partial charge is 0.465 e. The second-order valence-corrected chi connectivity index (χ2v) is 4.19. The molecule has 2 rings (SSSR count). The van der Waals surface area contributed by atoms with Crippen LogP contribution in [0.15, 0.2) is 47.1 Å². The lowest BCUT2D eigenvalue weighted by molar-refractivity contribution is -0.128. The number of benzene rings is 1. The molecule has 0 aliphatic heterocycles. The van der Waals surface area contributed by atoms with Crippen molar-refractivity contribution in [3.05, 3.63) is 58.5 Å². The average molecular weight is 283 g/mol. The number of carbonyl (C=O) groups is 1. The van der Waals surface area contributed by atoms with Crippen LogP contribution in [0.4, 0.5) is 0 Å². The highest BCUT2D eigenvalue weighted by molar-refractivity contribution is 6.35. The summed E-state index contributed by atoms with van der Waals surface area (Å²) in [5.41, 5.74) is 0. The second kappa shape index (κ2) is 5.76. The SMILES string of the molecule is O=C(/C=C/c1ccco1)Oc1ccc(Cl)cc1Cl. The summed E-state index contributed by atoms with van der Waals surface area (Å²) in [5, 5.41) is 0.758. The van der Waals surface area contributed by atoms with E-state index in [0.29, 0.717) is 10.8 Å². The molecule has 0 spiro atoms. The number of rotatable bonds is 3. The van der Waals surface area contributed by atoms with Gasteiger partial charge in [0.1, 0.15) is 11.5 Å². The number of esters is 1. The molecule has 0 saturated heterocycles. The summed E-state index contributed by atoms with van der Waals surface area (Å²) in [4.78, 5) is 11.5. The Morgan fingerprint density at radius 2 is 2.11 bits per heavy atom. The number of carbonyl (C=O) groups excluding carboxylic acids is 1. The minimum absolute atomic E-state index is 0.259. The summed E-state index contributed by atoms with van der Waals surface area (Å²) >= 11 is 11.6. The zero-order chi connectivity index (χ0) is 13.0. The van der Waals surface area contributed by atoms with Crippen LogP contribution in [0.1, 0.15) is 5.76 Å². The maximum Gasteiger partial charge on any atom is 0.336 e. The van der Waals surface area contributed by atoms with Crippen molar-refractivity contribution in [2.45, 2.75) is 0 Å². The molecule has 1 aromatic heterocycles. The van der Waals surface area contributed by atoms with Crippen molar-refractivity contribution < 1.29 is 13.9 Å². The van der Waals surface area contributed by atoms with Crippen molar-refractivity contribution in [1.29, 1.82) is 0 Å². The van der Waals surface area contributed by atoms with E-state index in [0.717, 1.165) is 0 Å². The quantitative estimate of drug-likeness (QED) is 0.481. The van der Waals surface area contributed by atoms with E-state index in [1.165, 1.54) is 30.5 Å². The molecule has 0 fully saturated rings. The Bertz CT molecular complexity index is 574. The van der Waals surface area contributed by atoms with Crippen LogP contribution in [-0.4, -0.2) is 5.97 Å². The highest BCUT2D eigenvalue weighted by Gasteiger charge is 2.06. The van der Waals surface area contributed by atoms with E-state index in [2.05, 4.69) is 0 Å². The topological polar surface area (TPSA) is 39.4 Å². The summed E-state index contributed by atoms with van der Waals surface area (Å²) in [5.74, 6) is 0.278. The number of hydrogen-bond acceptors (Lipinski definition) is 3. The maximum absolute atomic E-state index is 11.5. The Kier molecular flexibility index (Phi) is 4.07. The Labute approximate surface area is 114 Å². The van der Waals surface area contributed by atoms with Crippen LogP contribution >= 0.6 is 23.2 Å². The molecular weight excluding hydrogens is 275 g/mol. The summed E-state index contributed by atoms with van der Waals surface area (Å²) in [6.07, 6.45) is 4.27. The van der Waals surface area contributed by atoms with Gasteiger partial charge in [-0.1, -0.05) is 23.2 Å². The fraction of sp³-hybridized carbons (Fsp3) is 0. The lowest BCUT2D eigenvalue weighted by Crippen LogP contribution is -2.03. The number of halogens is 2. The first kappa shape index (κ1) is 12.7. The van der Waals surface area contributed by atoms with Gasteiger partial charge in [0, 0.05) is 11.1 Å². The Morgan fingerprint density at radius 1 is 1.28 bits per heavy atom. The third kappa shape index (κ3) is 3.39. The molecule has 0 N–H and O–H groups in total. The standard InChI is InChI=1S/C13H8Cl2O3/c14-9-3-5-12(11(15)8-9)18-13(16)6-4-10-2-1-7-17-10/h1-8H/b6-4+. The first-order chi connectivity index (χ1) is 8.65. The molecule has 0 aliphatic carbocycles. The predicted molar refractivity (Wildman–Crippen MR) is 69.8 cm³/mol. The van der Waals surface area contributed by atoms with Gasteiger partial charge in [-0.2, -0.15) is 0 Å². The van der Waals surface area contributed by atoms with Crippen molar-refractivity contribution in [2.75, 3.05) is 0 Å². The molecule has 1 heterocycles. The normalized spacial score (nSPS) is 10.8. The fourth-order valence-corrected chi connectivity index (χ4v) is 1.68. The molecular formula is C13H8Cl2O3. The van der Waals surface area contributed by atoms with Gasteiger partial charge >= 0.3 is 5.97 Å². The van der Waals surface area contributed by atoms with Gasteiger partial charge in [0.05, 0.1) is 11.3 Å². The maximum atomic E-state index is 11.5. The van der Waals surface area contributed by atoms with E-state index in [-0.39, 0.29) is 10.8 Å². The van der Waals surface area contributed by atoms with Crippen LogP contribution in [0, 0.1) is 0 Å². The number of ether oxygens (including phenoxy) is 1. The van der Waals surface area contributed by atoms with Gasteiger partial charge in [-0.15, -0.1) is 0 Å². The van der Waals surface area contributed by atoms with Crippen LogP contribution in [0.3, 0.4) is 0 Å². The summed E-state index contributed by atoms with van der Waals surface area (Å²) in [6.45, 7) is 0. The molecule has 92 valence electrons. The van der Waals surface area contributed by atoms with Crippen molar-refractivity contribution >= 4 is 35.2 Å². The highest BCUT2D eigenvalue weighted by Crippen LogP contribution is 2.27. The molecule has 0 saturated carbocycles. The third-order valence-corrected chi connectivity index (χ3v) is 2.56. The minimum Gasteiger partial charge on any atom is -0.465 e. The molecule has 0 atom stereocenters. The molecule has 0 unspecified atom stereocenters. The zero-order valence-corrected chi connectivity index (χ0v) is 10.6. The van der Waals surface area contributed by atoms with E-state index in [4.69, 9.17) is 32.4 Å². The number of hydrogen-bond donors (Lipinski definition) is 0. The third-order valence-electron chi connectivity index (χ3n) is 2.03.